The maximum atomic E-state index is 10.7. The van der Waals surface area contributed by atoms with E-state index in [0.29, 0.717) is 12.8 Å². The molecule has 0 saturated heterocycles. The molecular weight excluding hydrogens is 463 g/mol. The zero-order valence-electron chi connectivity index (χ0n) is 22.4. The first-order valence-corrected chi connectivity index (χ1v) is 15.7. The molecule has 0 fully saturated rings. The SMILES string of the molecule is O=C(Cl)CCCCCCCCCCCCCCCCCCCCCCCCCCCCC(=O)Cl. The van der Waals surface area contributed by atoms with Crippen molar-refractivity contribution >= 4 is 33.7 Å². The number of carbonyl (C=O) groups excluding carboxylic acids is 2. The monoisotopic (exact) mass is 518 g/mol. The van der Waals surface area contributed by atoms with E-state index in [2.05, 4.69) is 0 Å². The van der Waals surface area contributed by atoms with Crippen molar-refractivity contribution in [3.63, 3.8) is 0 Å². The molecule has 0 aromatic carbocycles. The van der Waals surface area contributed by atoms with Gasteiger partial charge >= 0.3 is 0 Å². The van der Waals surface area contributed by atoms with Gasteiger partial charge in [0.1, 0.15) is 0 Å². The Balaban J connectivity index is 3.03. The zero-order valence-corrected chi connectivity index (χ0v) is 23.9. The van der Waals surface area contributed by atoms with Crippen molar-refractivity contribution in [1.29, 1.82) is 0 Å². The molecule has 0 radical (unpaired) electrons. The van der Waals surface area contributed by atoms with Crippen LogP contribution in [0.25, 0.3) is 0 Å². The highest BCUT2D eigenvalue weighted by Gasteiger charge is 1.98. The molecule has 0 unspecified atom stereocenters. The third-order valence-electron chi connectivity index (χ3n) is 7.00. The number of hydrogen-bond acceptors (Lipinski definition) is 2. The Labute approximate surface area is 222 Å². The van der Waals surface area contributed by atoms with Crippen LogP contribution in [0.4, 0.5) is 0 Å². The van der Waals surface area contributed by atoms with Gasteiger partial charge in [-0.05, 0) is 36.0 Å². The standard InChI is InChI=1S/C30H56Cl2O2/c31-29(33)27-25-23-21-19-17-15-13-11-9-7-5-3-1-2-4-6-8-10-12-14-16-18-20-22-24-26-28-30(32)34/h1-28H2. The van der Waals surface area contributed by atoms with Crippen LogP contribution in [0.2, 0.25) is 0 Å². The predicted molar refractivity (Wildman–Crippen MR) is 151 cm³/mol. The van der Waals surface area contributed by atoms with Crippen LogP contribution in [0, 0.1) is 0 Å². The summed E-state index contributed by atoms with van der Waals surface area (Å²) in [7, 11) is 0. The Bertz CT molecular complexity index is 400. The molecule has 0 aromatic heterocycles. The zero-order chi connectivity index (χ0) is 25.0. The maximum absolute atomic E-state index is 10.7. The van der Waals surface area contributed by atoms with E-state index in [1.54, 1.807) is 0 Å². The van der Waals surface area contributed by atoms with E-state index in [0.717, 1.165) is 25.7 Å². The topological polar surface area (TPSA) is 34.1 Å². The summed E-state index contributed by atoms with van der Waals surface area (Å²) in [5.74, 6) is 0. The van der Waals surface area contributed by atoms with Crippen LogP contribution in [0.5, 0.6) is 0 Å². The number of unbranched alkanes of at least 4 members (excludes halogenated alkanes) is 25. The van der Waals surface area contributed by atoms with Gasteiger partial charge in [0.15, 0.2) is 0 Å². The second-order valence-electron chi connectivity index (χ2n) is 10.4. The normalized spacial score (nSPS) is 11.2. The van der Waals surface area contributed by atoms with Gasteiger partial charge in [-0.15, -0.1) is 0 Å². The lowest BCUT2D eigenvalue weighted by Crippen LogP contribution is -1.87. The van der Waals surface area contributed by atoms with Crippen LogP contribution in [-0.4, -0.2) is 10.5 Å². The van der Waals surface area contributed by atoms with E-state index in [1.165, 1.54) is 141 Å². The van der Waals surface area contributed by atoms with Gasteiger partial charge in [-0.3, -0.25) is 9.59 Å². The van der Waals surface area contributed by atoms with Gasteiger partial charge in [0.05, 0.1) is 0 Å². The highest BCUT2D eigenvalue weighted by molar-refractivity contribution is 6.63. The van der Waals surface area contributed by atoms with Crippen LogP contribution < -0.4 is 0 Å². The average molecular weight is 520 g/mol. The summed E-state index contributed by atoms with van der Waals surface area (Å²) in [6, 6.07) is 0. The first-order chi connectivity index (χ1) is 16.6. The Morgan fingerprint density at radius 3 is 0.500 bits per heavy atom. The highest BCUT2D eigenvalue weighted by atomic mass is 35.5. The number of carbonyl (C=O) groups is 2. The second-order valence-corrected chi connectivity index (χ2v) is 11.2. The Morgan fingerprint density at radius 1 is 0.265 bits per heavy atom. The molecule has 0 rings (SSSR count). The summed E-state index contributed by atoms with van der Waals surface area (Å²) in [5.41, 5.74) is 0. The molecule has 4 heteroatoms. The van der Waals surface area contributed by atoms with Crippen molar-refractivity contribution in [2.24, 2.45) is 0 Å². The van der Waals surface area contributed by atoms with E-state index in [4.69, 9.17) is 23.2 Å². The van der Waals surface area contributed by atoms with Gasteiger partial charge in [0, 0.05) is 12.8 Å². The fourth-order valence-corrected chi connectivity index (χ4v) is 5.04. The van der Waals surface area contributed by atoms with Crippen molar-refractivity contribution < 1.29 is 9.59 Å². The molecule has 0 aliphatic heterocycles. The fraction of sp³-hybridized carbons (Fsp3) is 0.933. The highest BCUT2D eigenvalue weighted by Crippen LogP contribution is 2.16. The van der Waals surface area contributed by atoms with Crippen LogP contribution in [0.1, 0.15) is 180 Å². The van der Waals surface area contributed by atoms with Crippen LogP contribution in [0.3, 0.4) is 0 Å². The molecule has 0 bridgehead atoms. The molecule has 2 nitrogen and oxygen atoms in total. The van der Waals surface area contributed by atoms with Gasteiger partial charge in [-0.2, -0.15) is 0 Å². The van der Waals surface area contributed by atoms with Gasteiger partial charge < -0.3 is 0 Å². The summed E-state index contributed by atoms with van der Waals surface area (Å²) < 4.78 is 0. The molecule has 0 aromatic rings. The Morgan fingerprint density at radius 2 is 0.382 bits per heavy atom. The van der Waals surface area contributed by atoms with Gasteiger partial charge in [0.25, 0.3) is 0 Å². The average Bonchev–Trinajstić information content (AvgIpc) is 2.80. The van der Waals surface area contributed by atoms with Crippen molar-refractivity contribution in [3.05, 3.63) is 0 Å². The first kappa shape index (κ1) is 33.9. The first-order valence-electron chi connectivity index (χ1n) is 15.0. The molecule has 0 amide bonds. The van der Waals surface area contributed by atoms with Gasteiger partial charge in [-0.1, -0.05) is 154 Å². The van der Waals surface area contributed by atoms with Crippen molar-refractivity contribution in [2.75, 3.05) is 0 Å². The number of hydrogen-bond donors (Lipinski definition) is 0. The molecule has 0 aliphatic carbocycles. The molecule has 0 spiro atoms. The van der Waals surface area contributed by atoms with Crippen LogP contribution >= 0.6 is 23.2 Å². The lowest BCUT2D eigenvalue weighted by molar-refractivity contribution is -0.112. The maximum Gasteiger partial charge on any atom is 0.221 e. The molecule has 34 heavy (non-hydrogen) atoms. The third-order valence-corrected chi connectivity index (χ3v) is 7.37. The summed E-state index contributed by atoms with van der Waals surface area (Å²) >= 11 is 10.7. The van der Waals surface area contributed by atoms with Crippen LogP contribution in [-0.2, 0) is 9.59 Å². The summed E-state index contributed by atoms with van der Waals surface area (Å²) in [5, 5.41) is -0.368. The van der Waals surface area contributed by atoms with E-state index < -0.39 is 0 Å². The van der Waals surface area contributed by atoms with E-state index in [9.17, 15) is 9.59 Å². The second kappa shape index (κ2) is 29.2. The minimum atomic E-state index is -0.184. The summed E-state index contributed by atoms with van der Waals surface area (Å²) in [6.45, 7) is 0. The third kappa shape index (κ3) is 31.9. The molecule has 202 valence electrons. The lowest BCUT2D eigenvalue weighted by atomic mass is 10.0. The number of rotatable bonds is 29. The fourth-order valence-electron chi connectivity index (χ4n) is 4.77. The lowest BCUT2D eigenvalue weighted by Gasteiger charge is -2.04. The predicted octanol–water partition coefficient (Wildman–Crippen LogP) is 11.4. The van der Waals surface area contributed by atoms with E-state index in [-0.39, 0.29) is 10.5 Å². The molecular formula is C30H56Cl2O2. The van der Waals surface area contributed by atoms with E-state index >= 15 is 0 Å². The molecule has 0 atom stereocenters. The van der Waals surface area contributed by atoms with Crippen molar-refractivity contribution in [2.45, 2.75) is 180 Å². The largest absolute Gasteiger partial charge is 0.281 e. The van der Waals surface area contributed by atoms with E-state index in [1.807, 2.05) is 0 Å². The molecule has 0 N–H and O–H groups in total. The van der Waals surface area contributed by atoms with Gasteiger partial charge in [0.2, 0.25) is 10.5 Å². The molecule has 0 heterocycles. The Kier molecular flexibility index (Phi) is 29.1. The van der Waals surface area contributed by atoms with Crippen molar-refractivity contribution in [1.82, 2.24) is 0 Å². The minimum absolute atomic E-state index is 0.184. The molecule has 0 saturated carbocycles. The smallest absolute Gasteiger partial charge is 0.221 e. The Hall–Kier alpha value is -0.0800. The quantitative estimate of drug-likeness (QED) is 0.0727. The van der Waals surface area contributed by atoms with Gasteiger partial charge in [-0.25, -0.2) is 0 Å². The summed E-state index contributed by atoms with van der Waals surface area (Å²) in [4.78, 5) is 21.3. The van der Waals surface area contributed by atoms with Crippen LogP contribution in [0.15, 0.2) is 0 Å². The van der Waals surface area contributed by atoms with Crippen molar-refractivity contribution in [3.8, 4) is 0 Å². The number of halogens is 2. The minimum Gasteiger partial charge on any atom is -0.281 e. The molecule has 0 aliphatic rings. The summed E-state index contributed by atoms with van der Waals surface area (Å²) in [6.07, 6.45) is 35.9.